The average Bonchev–Trinajstić information content (AvgIpc) is 2.89. The monoisotopic (exact) mass is 280 g/mol. The van der Waals surface area contributed by atoms with E-state index in [0.717, 1.165) is 18.8 Å². The molecule has 3 nitrogen and oxygen atoms in total. The van der Waals surface area contributed by atoms with Gasteiger partial charge in [-0.15, -0.1) is 22.7 Å². The molecule has 0 spiro atoms. The van der Waals surface area contributed by atoms with Crippen molar-refractivity contribution < 1.29 is 4.79 Å². The van der Waals surface area contributed by atoms with Crippen LogP contribution in [0.15, 0.2) is 22.9 Å². The van der Waals surface area contributed by atoms with E-state index in [4.69, 9.17) is 0 Å². The van der Waals surface area contributed by atoms with Crippen molar-refractivity contribution in [3.63, 3.8) is 0 Å². The normalized spacial score (nSPS) is 10.6. The predicted molar refractivity (Wildman–Crippen MR) is 78.2 cm³/mol. The molecule has 2 heterocycles. The Kier molecular flexibility index (Phi) is 4.52. The zero-order valence-corrected chi connectivity index (χ0v) is 12.1. The fourth-order valence-electron chi connectivity index (χ4n) is 1.65. The summed E-state index contributed by atoms with van der Waals surface area (Å²) in [6, 6.07) is 4.08. The van der Waals surface area contributed by atoms with Gasteiger partial charge in [-0.2, -0.15) is 0 Å². The van der Waals surface area contributed by atoms with E-state index in [1.165, 1.54) is 22.2 Å². The molecule has 0 fully saturated rings. The number of aryl methyl sites for hydroxylation is 1. The lowest BCUT2D eigenvalue weighted by atomic mass is 10.3. The van der Waals surface area contributed by atoms with Gasteiger partial charge in [-0.1, -0.05) is 0 Å². The topological polar surface area (TPSA) is 41.1 Å². The van der Waals surface area contributed by atoms with Gasteiger partial charge in [0.25, 0.3) is 0 Å². The molecule has 2 aromatic rings. The summed E-state index contributed by atoms with van der Waals surface area (Å²) in [5.41, 5.74) is 2.25. The highest BCUT2D eigenvalue weighted by atomic mass is 32.1. The number of hydrogen-bond acceptors (Lipinski definition) is 4. The zero-order chi connectivity index (χ0) is 13.0. The van der Waals surface area contributed by atoms with Crippen LogP contribution in [-0.2, 0) is 17.9 Å². The molecule has 0 aliphatic carbocycles. The number of thiophene rings is 2. The van der Waals surface area contributed by atoms with Crippen molar-refractivity contribution in [2.24, 2.45) is 0 Å². The first-order valence-electron chi connectivity index (χ1n) is 5.74. The summed E-state index contributed by atoms with van der Waals surface area (Å²) in [7, 11) is 0. The highest BCUT2D eigenvalue weighted by molar-refractivity contribution is 7.10. The Bertz CT molecular complexity index is 531. The molecule has 5 heteroatoms. The minimum absolute atomic E-state index is 0.0243. The lowest BCUT2D eigenvalue weighted by Gasteiger charge is -2.06. The first kappa shape index (κ1) is 13.3. The Hall–Kier alpha value is -1.17. The first-order valence-corrected chi connectivity index (χ1v) is 7.50. The van der Waals surface area contributed by atoms with Gasteiger partial charge in [-0.25, -0.2) is 0 Å². The molecule has 0 saturated heterocycles. The summed E-state index contributed by atoms with van der Waals surface area (Å²) in [6.07, 6.45) is 0. The molecule has 0 aliphatic heterocycles. The van der Waals surface area contributed by atoms with E-state index in [0.29, 0.717) is 0 Å². The molecule has 0 atom stereocenters. The van der Waals surface area contributed by atoms with E-state index < -0.39 is 0 Å². The molecule has 0 aliphatic rings. The second-order valence-electron chi connectivity index (χ2n) is 4.07. The number of nitrogens with one attached hydrogen (secondary N) is 2. The molecule has 0 saturated carbocycles. The Balaban J connectivity index is 1.89. The molecule has 2 rings (SSSR count). The molecule has 0 unspecified atom stereocenters. The average molecular weight is 280 g/mol. The van der Waals surface area contributed by atoms with Crippen LogP contribution in [0.4, 0.5) is 5.69 Å². The number of carbonyl (C=O) groups is 1. The second kappa shape index (κ2) is 6.13. The van der Waals surface area contributed by atoms with Crippen molar-refractivity contribution in [1.82, 2.24) is 5.32 Å². The van der Waals surface area contributed by atoms with E-state index in [1.807, 2.05) is 11.4 Å². The minimum Gasteiger partial charge on any atom is -0.325 e. The maximum Gasteiger partial charge on any atom is 0.221 e. The predicted octanol–water partition coefficient (Wildman–Crippen LogP) is 3.37. The van der Waals surface area contributed by atoms with Gasteiger partial charge in [0.1, 0.15) is 0 Å². The third-order valence-electron chi connectivity index (χ3n) is 2.60. The summed E-state index contributed by atoms with van der Waals surface area (Å²) < 4.78 is 0. The third kappa shape index (κ3) is 3.41. The highest BCUT2D eigenvalue weighted by Gasteiger charge is 2.06. The Morgan fingerprint density at radius 3 is 2.50 bits per heavy atom. The van der Waals surface area contributed by atoms with Crippen molar-refractivity contribution in [2.45, 2.75) is 26.9 Å². The van der Waals surface area contributed by atoms with E-state index in [1.54, 1.807) is 22.7 Å². The molecule has 2 N–H and O–H groups in total. The van der Waals surface area contributed by atoms with Gasteiger partial charge < -0.3 is 10.6 Å². The van der Waals surface area contributed by atoms with E-state index in [-0.39, 0.29) is 5.91 Å². The highest BCUT2D eigenvalue weighted by Crippen LogP contribution is 2.22. The van der Waals surface area contributed by atoms with Crippen LogP contribution in [0.25, 0.3) is 0 Å². The largest absolute Gasteiger partial charge is 0.325 e. The lowest BCUT2D eigenvalue weighted by molar-refractivity contribution is -0.114. The van der Waals surface area contributed by atoms with Gasteiger partial charge in [0.2, 0.25) is 5.91 Å². The maximum atomic E-state index is 11.0. The van der Waals surface area contributed by atoms with Gasteiger partial charge in [0.15, 0.2) is 0 Å². The van der Waals surface area contributed by atoms with Crippen molar-refractivity contribution in [1.29, 1.82) is 0 Å². The van der Waals surface area contributed by atoms with E-state index in [9.17, 15) is 4.79 Å². The third-order valence-corrected chi connectivity index (χ3v) is 4.54. The maximum absolute atomic E-state index is 11.0. The van der Waals surface area contributed by atoms with Crippen LogP contribution in [0.3, 0.4) is 0 Å². The van der Waals surface area contributed by atoms with Crippen LogP contribution in [0.5, 0.6) is 0 Å². The van der Waals surface area contributed by atoms with Gasteiger partial charge in [0, 0.05) is 29.8 Å². The van der Waals surface area contributed by atoms with Crippen molar-refractivity contribution in [3.05, 3.63) is 38.2 Å². The van der Waals surface area contributed by atoms with Crippen LogP contribution in [-0.4, -0.2) is 5.91 Å². The van der Waals surface area contributed by atoms with Crippen molar-refractivity contribution >= 4 is 34.3 Å². The molecule has 0 radical (unpaired) electrons. The van der Waals surface area contributed by atoms with Crippen molar-refractivity contribution in [2.75, 3.05) is 5.32 Å². The number of hydrogen-bond donors (Lipinski definition) is 2. The van der Waals surface area contributed by atoms with E-state index >= 15 is 0 Å². The molecule has 18 heavy (non-hydrogen) atoms. The van der Waals surface area contributed by atoms with Crippen LogP contribution >= 0.6 is 22.7 Å². The number of rotatable bonds is 5. The standard InChI is InChI=1S/C13H16N2OS2/c1-9-3-5-17-12(9)7-14-8-13-11(4-6-18-13)15-10(2)16/h3-6,14H,7-8H2,1-2H3,(H,15,16). The van der Waals surface area contributed by atoms with Crippen molar-refractivity contribution in [3.8, 4) is 0 Å². The molecule has 0 bridgehead atoms. The van der Waals surface area contributed by atoms with Gasteiger partial charge in [-0.3, -0.25) is 4.79 Å². The zero-order valence-electron chi connectivity index (χ0n) is 10.4. The Labute approximate surface area is 115 Å². The van der Waals surface area contributed by atoms with Crippen LogP contribution in [0, 0.1) is 6.92 Å². The number of anilines is 1. The second-order valence-corrected chi connectivity index (χ2v) is 6.07. The molecule has 0 aromatic carbocycles. The van der Waals surface area contributed by atoms with Gasteiger partial charge in [-0.05, 0) is 35.4 Å². The molecule has 2 aromatic heterocycles. The fraction of sp³-hybridized carbons (Fsp3) is 0.308. The fourth-order valence-corrected chi connectivity index (χ4v) is 3.33. The summed E-state index contributed by atoms with van der Waals surface area (Å²) >= 11 is 3.43. The van der Waals surface area contributed by atoms with E-state index in [2.05, 4.69) is 29.0 Å². The lowest BCUT2D eigenvalue weighted by Crippen LogP contribution is -2.14. The first-order chi connectivity index (χ1) is 8.66. The molecule has 96 valence electrons. The number of amides is 1. The quantitative estimate of drug-likeness (QED) is 0.881. The van der Waals surface area contributed by atoms with Crippen LogP contribution in [0.1, 0.15) is 22.2 Å². The SMILES string of the molecule is CC(=O)Nc1ccsc1CNCc1sccc1C. The minimum atomic E-state index is -0.0243. The summed E-state index contributed by atoms with van der Waals surface area (Å²) in [5, 5.41) is 10.4. The van der Waals surface area contributed by atoms with Gasteiger partial charge in [0.05, 0.1) is 5.69 Å². The summed E-state index contributed by atoms with van der Waals surface area (Å²) in [5.74, 6) is -0.0243. The molecular weight excluding hydrogens is 264 g/mol. The molecular formula is C13H16N2OS2. The van der Waals surface area contributed by atoms with Crippen LogP contribution < -0.4 is 10.6 Å². The Morgan fingerprint density at radius 1 is 1.17 bits per heavy atom. The van der Waals surface area contributed by atoms with Crippen LogP contribution in [0.2, 0.25) is 0 Å². The summed E-state index contributed by atoms with van der Waals surface area (Å²) in [4.78, 5) is 13.6. The molecule has 1 amide bonds. The number of carbonyl (C=O) groups excluding carboxylic acids is 1. The Morgan fingerprint density at radius 2 is 1.83 bits per heavy atom. The smallest absolute Gasteiger partial charge is 0.221 e. The van der Waals surface area contributed by atoms with Gasteiger partial charge >= 0.3 is 0 Å². The summed E-state index contributed by atoms with van der Waals surface area (Å²) in [6.45, 7) is 5.32.